The Kier molecular flexibility index (Phi) is 3.31. The van der Waals surface area contributed by atoms with Crippen LogP contribution >= 0.6 is 15.9 Å². The fraction of sp³-hybridized carbons (Fsp3) is 0.125. The summed E-state index contributed by atoms with van der Waals surface area (Å²) >= 11 is 3.46. The van der Waals surface area contributed by atoms with Crippen molar-refractivity contribution in [3.05, 3.63) is 64.7 Å². The first-order valence-electron chi connectivity index (χ1n) is 7.06. The van der Waals surface area contributed by atoms with Crippen LogP contribution in [0.15, 0.2) is 58.4 Å². The van der Waals surface area contributed by atoms with Gasteiger partial charge in [-0.2, -0.15) is 10.2 Å². The van der Waals surface area contributed by atoms with E-state index in [0.717, 1.165) is 39.1 Å². The van der Waals surface area contributed by atoms with E-state index < -0.39 is 0 Å². The summed E-state index contributed by atoms with van der Waals surface area (Å²) in [6, 6.07) is 12.5. The van der Waals surface area contributed by atoms with E-state index in [9.17, 15) is 0 Å². The number of aromatic amines is 2. The largest absolute Gasteiger partial charge is 0.363 e. The normalized spacial score (nSPS) is 17.3. The van der Waals surface area contributed by atoms with E-state index in [1.807, 2.05) is 30.6 Å². The van der Waals surface area contributed by atoms with E-state index in [1.165, 1.54) is 0 Å². The number of nitrogens with one attached hydrogen (secondary N) is 3. The molecule has 0 fully saturated rings. The zero-order valence-electron chi connectivity index (χ0n) is 11.7. The summed E-state index contributed by atoms with van der Waals surface area (Å²) in [5, 5.41) is 11.8. The van der Waals surface area contributed by atoms with Crippen LogP contribution in [0, 0.1) is 0 Å². The molecule has 5 nitrogen and oxygen atoms in total. The van der Waals surface area contributed by atoms with Crippen LogP contribution in [0.3, 0.4) is 0 Å². The fourth-order valence-corrected chi connectivity index (χ4v) is 2.96. The predicted octanol–water partition coefficient (Wildman–Crippen LogP) is 3.61. The minimum Gasteiger partial charge on any atom is -0.363 e. The molecular weight excluding hydrogens is 342 g/mol. The zero-order valence-corrected chi connectivity index (χ0v) is 13.3. The first-order chi connectivity index (χ1) is 10.8. The number of hydrazone groups is 1. The van der Waals surface area contributed by atoms with Crippen LogP contribution in [0.4, 0.5) is 0 Å². The third kappa shape index (κ3) is 2.35. The quantitative estimate of drug-likeness (QED) is 0.671. The third-order valence-electron chi connectivity index (χ3n) is 3.83. The van der Waals surface area contributed by atoms with Crippen LogP contribution in [0.5, 0.6) is 0 Å². The zero-order chi connectivity index (χ0) is 14.9. The van der Waals surface area contributed by atoms with E-state index in [0.29, 0.717) is 0 Å². The number of benzene rings is 1. The molecule has 3 heterocycles. The molecule has 6 heteroatoms. The molecular formula is C16H14BrN5. The summed E-state index contributed by atoms with van der Waals surface area (Å²) < 4.78 is 1.06. The topological polar surface area (TPSA) is 68.9 Å². The van der Waals surface area contributed by atoms with Gasteiger partial charge in [-0.25, -0.2) is 0 Å². The Hall–Kier alpha value is -2.34. The number of H-pyrrole nitrogens is 2. The second kappa shape index (κ2) is 5.46. The number of rotatable bonds is 3. The lowest BCUT2D eigenvalue weighted by Crippen LogP contribution is -2.10. The third-order valence-corrected chi connectivity index (χ3v) is 4.36. The lowest BCUT2D eigenvalue weighted by atomic mass is 10.0. The smallest absolute Gasteiger partial charge is 0.0894 e. The molecule has 3 N–H and O–H groups in total. The van der Waals surface area contributed by atoms with Crippen molar-refractivity contribution in [3.8, 4) is 11.1 Å². The fourth-order valence-electron chi connectivity index (χ4n) is 2.69. The Morgan fingerprint density at radius 2 is 2.00 bits per heavy atom. The second-order valence-electron chi connectivity index (χ2n) is 5.24. The summed E-state index contributed by atoms with van der Waals surface area (Å²) in [5.41, 5.74) is 8.49. The highest BCUT2D eigenvalue weighted by Crippen LogP contribution is 2.29. The molecule has 0 saturated carbocycles. The number of aromatic nitrogens is 3. The SMILES string of the molecule is Brc1ccc(-c2cn[nH]c2C2=NNC(c3ccc[nH]3)C2)cc1. The minimum atomic E-state index is 0.186. The first-order valence-corrected chi connectivity index (χ1v) is 7.85. The van der Waals surface area contributed by atoms with Crippen LogP contribution in [-0.4, -0.2) is 20.9 Å². The molecule has 4 rings (SSSR count). The van der Waals surface area contributed by atoms with Crippen molar-refractivity contribution in [2.24, 2.45) is 5.10 Å². The molecule has 1 atom stereocenters. The maximum atomic E-state index is 4.49. The second-order valence-corrected chi connectivity index (χ2v) is 6.15. The van der Waals surface area contributed by atoms with Crippen LogP contribution in [0.1, 0.15) is 23.9 Å². The van der Waals surface area contributed by atoms with Crippen molar-refractivity contribution in [1.82, 2.24) is 20.6 Å². The van der Waals surface area contributed by atoms with Crippen molar-refractivity contribution in [2.45, 2.75) is 12.5 Å². The van der Waals surface area contributed by atoms with Gasteiger partial charge in [0, 0.05) is 28.3 Å². The summed E-state index contributed by atoms with van der Waals surface area (Å²) in [4.78, 5) is 3.23. The first kappa shape index (κ1) is 13.3. The maximum Gasteiger partial charge on any atom is 0.0894 e. The van der Waals surface area contributed by atoms with E-state index in [4.69, 9.17) is 0 Å². The van der Waals surface area contributed by atoms with E-state index >= 15 is 0 Å². The van der Waals surface area contributed by atoms with Gasteiger partial charge in [0.25, 0.3) is 0 Å². The van der Waals surface area contributed by atoms with Crippen LogP contribution < -0.4 is 5.43 Å². The van der Waals surface area contributed by atoms with Gasteiger partial charge in [0.15, 0.2) is 0 Å². The van der Waals surface area contributed by atoms with Crippen LogP contribution in [0.25, 0.3) is 11.1 Å². The van der Waals surface area contributed by atoms with Gasteiger partial charge in [-0.15, -0.1) is 0 Å². The number of halogens is 1. The number of hydrogen-bond acceptors (Lipinski definition) is 3. The lowest BCUT2D eigenvalue weighted by Gasteiger charge is -2.07. The van der Waals surface area contributed by atoms with Gasteiger partial charge in [-0.3, -0.25) is 5.10 Å². The number of hydrogen-bond donors (Lipinski definition) is 3. The molecule has 0 saturated heterocycles. The molecule has 1 unspecified atom stereocenters. The Morgan fingerprint density at radius 3 is 2.77 bits per heavy atom. The van der Waals surface area contributed by atoms with Crippen LogP contribution in [-0.2, 0) is 0 Å². The molecule has 0 spiro atoms. The lowest BCUT2D eigenvalue weighted by molar-refractivity contribution is 0.606. The molecule has 110 valence electrons. The van der Waals surface area contributed by atoms with Gasteiger partial charge in [0.05, 0.1) is 23.6 Å². The van der Waals surface area contributed by atoms with Gasteiger partial charge in [-0.05, 0) is 29.8 Å². The molecule has 1 aromatic carbocycles. The van der Waals surface area contributed by atoms with Crippen LogP contribution in [0.2, 0.25) is 0 Å². The van der Waals surface area contributed by atoms with Crippen molar-refractivity contribution < 1.29 is 0 Å². The van der Waals surface area contributed by atoms with Crippen molar-refractivity contribution in [2.75, 3.05) is 0 Å². The molecule has 0 aliphatic carbocycles. The van der Waals surface area contributed by atoms with Crippen molar-refractivity contribution in [1.29, 1.82) is 0 Å². The van der Waals surface area contributed by atoms with Gasteiger partial charge in [0.1, 0.15) is 0 Å². The molecule has 1 aliphatic rings. The van der Waals surface area contributed by atoms with Gasteiger partial charge < -0.3 is 10.4 Å². The molecule has 22 heavy (non-hydrogen) atoms. The standard InChI is InChI=1S/C16H14BrN5/c17-11-5-3-10(4-6-11)12-9-19-22-16(12)15-8-14(20-21-15)13-2-1-7-18-13/h1-7,9,14,18,20H,8H2,(H,19,22). The number of nitrogens with zero attached hydrogens (tertiary/aromatic N) is 2. The minimum absolute atomic E-state index is 0.186. The molecule has 0 radical (unpaired) electrons. The molecule has 1 aliphatic heterocycles. The molecule has 3 aromatic rings. The summed E-state index contributed by atoms with van der Waals surface area (Å²) in [5.74, 6) is 0. The molecule has 2 aromatic heterocycles. The summed E-state index contributed by atoms with van der Waals surface area (Å²) in [6.45, 7) is 0. The maximum absolute atomic E-state index is 4.49. The highest BCUT2D eigenvalue weighted by molar-refractivity contribution is 9.10. The highest BCUT2D eigenvalue weighted by atomic mass is 79.9. The van der Waals surface area contributed by atoms with Crippen molar-refractivity contribution >= 4 is 21.6 Å². The van der Waals surface area contributed by atoms with E-state index in [2.05, 4.69) is 59.8 Å². The monoisotopic (exact) mass is 355 g/mol. The van der Waals surface area contributed by atoms with Gasteiger partial charge in [0.2, 0.25) is 0 Å². The van der Waals surface area contributed by atoms with Crippen molar-refractivity contribution in [3.63, 3.8) is 0 Å². The predicted molar refractivity (Wildman–Crippen MR) is 89.5 cm³/mol. The average Bonchev–Trinajstić information content (AvgIpc) is 3.27. The highest BCUT2D eigenvalue weighted by Gasteiger charge is 2.24. The Labute approximate surface area is 136 Å². The average molecular weight is 356 g/mol. The molecule has 0 bridgehead atoms. The van der Waals surface area contributed by atoms with Gasteiger partial charge >= 0.3 is 0 Å². The van der Waals surface area contributed by atoms with Gasteiger partial charge in [-0.1, -0.05) is 28.1 Å². The molecule has 0 amide bonds. The summed E-state index contributed by atoms with van der Waals surface area (Å²) in [6.07, 6.45) is 4.60. The Morgan fingerprint density at radius 1 is 1.14 bits per heavy atom. The summed E-state index contributed by atoms with van der Waals surface area (Å²) in [7, 11) is 0. The Balaban J connectivity index is 1.62. The van der Waals surface area contributed by atoms with E-state index in [-0.39, 0.29) is 6.04 Å². The Bertz CT molecular complexity index is 801. The van der Waals surface area contributed by atoms with E-state index in [1.54, 1.807) is 0 Å².